The number of nitrogens with one attached hydrogen (secondary N) is 4. The molecule has 0 radical (unpaired) electrons. The Hall–Kier alpha value is -3.67. The quantitative estimate of drug-likeness (QED) is 0.149. The van der Waals surface area contributed by atoms with Gasteiger partial charge in [0.2, 0.25) is 0 Å². The molecule has 2 aromatic carbocycles. The Morgan fingerprint density at radius 3 is 2.19 bits per heavy atom. The molecule has 6 N–H and O–H groups in total. The van der Waals surface area contributed by atoms with Crippen molar-refractivity contribution >= 4 is 35.1 Å². The van der Waals surface area contributed by atoms with Gasteiger partial charge in [0.15, 0.2) is 0 Å². The SMILES string of the molecule is C=C/C(=C(/NCC1CC1)C(=N)C=N)c1ccc(C)cc1.CC.CC.CN=Cc1cc(NC)ccc1N. The zero-order valence-electron chi connectivity index (χ0n) is 23.2. The van der Waals surface area contributed by atoms with Crippen molar-refractivity contribution in [3.63, 3.8) is 0 Å². The molecule has 0 saturated heterocycles. The van der Waals surface area contributed by atoms with E-state index < -0.39 is 0 Å². The number of nitrogens with two attached hydrogens (primary N) is 1. The normalized spacial score (nSPS) is 12.3. The van der Waals surface area contributed by atoms with Crippen LogP contribution in [-0.4, -0.2) is 38.8 Å². The van der Waals surface area contributed by atoms with Crippen molar-refractivity contribution in [1.29, 1.82) is 10.8 Å². The summed E-state index contributed by atoms with van der Waals surface area (Å²) in [6.07, 6.45) is 7.10. The summed E-state index contributed by atoms with van der Waals surface area (Å²) in [6, 6.07) is 13.9. The van der Waals surface area contributed by atoms with Crippen LogP contribution in [0.2, 0.25) is 0 Å². The molecule has 2 aromatic rings. The number of rotatable bonds is 9. The minimum Gasteiger partial charge on any atom is -0.398 e. The standard InChI is InChI=1S/C17H21N3.C9H13N3.2C2H6/c1-3-15(14-8-4-12(2)5-9-14)17(16(19)10-18)20-11-13-6-7-13;1-11-6-7-5-8(12-2)3-4-9(7)10;2*1-2/h3-5,8-10,13,18-20H,1,6-7,11H2,2H3;3-6,12H,10H2,1-2H3;2*1-2H3/b17-15-,18-10?,19-16?;;;. The Balaban J connectivity index is 0.000000655. The number of benzene rings is 2. The van der Waals surface area contributed by atoms with E-state index in [1.54, 1.807) is 19.3 Å². The van der Waals surface area contributed by atoms with Crippen molar-refractivity contribution in [2.24, 2.45) is 10.9 Å². The summed E-state index contributed by atoms with van der Waals surface area (Å²) in [5, 5.41) is 21.7. The first-order valence-corrected chi connectivity index (χ1v) is 12.7. The lowest BCUT2D eigenvalue weighted by atomic mass is 10.00. The van der Waals surface area contributed by atoms with Gasteiger partial charge in [-0.15, -0.1) is 0 Å². The second-order valence-corrected chi connectivity index (χ2v) is 7.72. The molecule has 6 nitrogen and oxygen atoms in total. The Bertz CT molecular complexity index is 999. The number of aliphatic imine (C=N–C) groups is 1. The van der Waals surface area contributed by atoms with E-state index in [4.69, 9.17) is 16.6 Å². The van der Waals surface area contributed by atoms with E-state index in [-0.39, 0.29) is 5.71 Å². The second kappa shape index (κ2) is 18.6. The first kappa shape index (κ1) is 32.3. The minimum absolute atomic E-state index is 0.195. The molecule has 0 bridgehead atoms. The smallest absolute Gasteiger partial charge is 0.0953 e. The van der Waals surface area contributed by atoms with Crippen LogP contribution in [0.15, 0.2) is 65.8 Å². The molecule has 6 heteroatoms. The third-order valence-corrected chi connectivity index (χ3v) is 5.16. The maximum atomic E-state index is 7.97. The fourth-order valence-corrected chi connectivity index (χ4v) is 3.05. The summed E-state index contributed by atoms with van der Waals surface area (Å²) < 4.78 is 0. The number of nitrogen functional groups attached to an aromatic ring is 1. The molecule has 0 heterocycles. The van der Waals surface area contributed by atoms with Gasteiger partial charge in [-0.3, -0.25) is 10.4 Å². The molecule has 0 atom stereocenters. The van der Waals surface area contributed by atoms with Crippen molar-refractivity contribution in [1.82, 2.24) is 5.32 Å². The van der Waals surface area contributed by atoms with E-state index in [1.165, 1.54) is 18.4 Å². The Morgan fingerprint density at radius 1 is 1.11 bits per heavy atom. The summed E-state index contributed by atoms with van der Waals surface area (Å²) in [4.78, 5) is 3.91. The largest absolute Gasteiger partial charge is 0.398 e. The van der Waals surface area contributed by atoms with Gasteiger partial charge >= 0.3 is 0 Å². The van der Waals surface area contributed by atoms with E-state index in [0.717, 1.165) is 40.8 Å². The van der Waals surface area contributed by atoms with E-state index in [0.29, 0.717) is 11.6 Å². The number of nitrogens with zero attached hydrogens (tertiary/aromatic N) is 1. The highest BCUT2D eigenvalue weighted by atomic mass is 14.9. The maximum absolute atomic E-state index is 7.97. The van der Waals surface area contributed by atoms with E-state index in [9.17, 15) is 0 Å². The van der Waals surface area contributed by atoms with Gasteiger partial charge in [0, 0.05) is 55.6 Å². The highest BCUT2D eigenvalue weighted by Gasteiger charge is 2.22. The van der Waals surface area contributed by atoms with Crippen molar-refractivity contribution < 1.29 is 0 Å². The van der Waals surface area contributed by atoms with Gasteiger partial charge in [0.05, 0.1) is 11.4 Å². The van der Waals surface area contributed by atoms with Gasteiger partial charge in [0.1, 0.15) is 0 Å². The lowest BCUT2D eigenvalue weighted by molar-refractivity contribution is 0.735. The van der Waals surface area contributed by atoms with Gasteiger partial charge in [-0.1, -0.05) is 70.2 Å². The predicted octanol–water partition coefficient (Wildman–Crippen LogP) is 6.97. The lowest BCUT2D eigenvalue weighted by Gasteiger charge is -2.14. The fraction of sp³-hybridized carbons (Fsp3) is 0.367. The predicted molar refractivity (Wildman–Crippen MR) is 162 cm³/mol. The van der Waals surface area contributed by atoms with Crippen molar-refractivity contribution in [2.75, 3.05) is 31.7 Å². The molecule has 1 saturated carbocycles. The summed E-state index contributed by atoms with van der Waals surface area (Å²) >= 11 is 0. The molecule has 0 amide bonds. The molecule has 0 spiro atoms. The average Bonchev–Trinajstić information content (AvgIpc) is 3.75. The van der Waals surface area contributed by atoms with Crippen LogP contribution in [0, 0.1) is 23.7 Å². The van der Waals surface area contributed by atoms with Crippen molar-refractivity contribution in [3.05, 3.63) is 77.5 Å². The third-order valence-electron chi connectivity index (χ3n) is 5.16. The number of allylic oxidation sites excluding steroid dienone is 3. The lowest BCUT2D eigenvalue weighted by Crippen LogP contribution is -2.24. The fourth-order valence-electron chi connectivity index (χ4n) is 3.05. The average molecular weight is 491 g/mol. The maximum Gasteiger partial charge on any atom is 0.0953 e. The monoisotopic (exact) mass is 490 g/mol. The highest BCUT2D eigenvalue weighted by molar-refractivity contribution is 6.37. The van der Waals surface area contributed by atoms with Crippen LogP contribution < -0.4 is 16.4 Å². The highest BCUT2D eigenvalue weighted by Crippen LogP contribution is 2.28. The van der Waals surface area contributed by atoms with Crippen LogP contribution in [0.1, 0.15) is 57.2 Å². The second-order valence-electron chi connectivity index (χ2n) is 7.72. The number of hydrogen-bond donors (Lipinski definition) is 5. The van der Waals surface area contributed by atoms with E-state index >= 15 is 0 Å². The van der Waals surface area contributed by atoms with Gasteiger partial charge in [0.25, 0.3) is 0 Å². The van der Waals surface area contributed by atoms with E-state index in [2.05, 4.69) is 22.2 Å². The Labute approximate surface area is 218 Å². The minimum atomic E-state index is 0.195. The number of hydrogen-bond acceptors (Lipinski definition) is 6. The number of aryl methyl sites for hydroxylation is 1. The molecular weight excluding hydrogens is 444 g/mol. The molecule has 36 heavy (non-hydrogen) atoms. The molecule has 0 unspecified atom stereocenters. The number of anilines is 2. The Morgan fingerprint density at radius 2 is 1.72 bits per heavy atom. The van der Waals surface area contributed by atoms with Crippen molar-refractivity contribution in [3.8, 4) is 0 Å². The van der Waals surface area contributed by atoms with Crippen molar-refractivity contribution in [2.45, 2.75) is 47.5 Å². The van der Waals surface area contributed by atoms with Crippen LogP contribution in [0.3, 0.4) is 0 Å². The molecule has 196 valence electrons. The molecule has 1 aliphatic rings. The molecule has 1 aliphatic carbocycles. The topological polar surface area (TPSA) is 110 Å². The van der Waals surface area contributed by atoms with Crippen LogP contribution in [-0.2, 0) is 0 Å². The zero-order chi connectivity index (χ0) is 27.5. The van der Waals surface area contributed by atoms with Crippen LogP contribution in [0.5, 0.6) is 0 Å². The van der Waals surface area contributed by atoms with Gasteiger partial charge in [-0.05, 0) is 49.4 Å². The molecular formula is C30H46N6. The summed E-state index contributed by atoms with van der Waals surface area (Å²) in [7, 11) is 3.60. The molecule has 0 aliphatic heterocycles. The molecule has 0 aromatic heterocycles. The van der Waals surface area contributed by atoms with Crippen LogP contribution in [0.25, 0.3) is 5.57 Å². The third kappa shape index (κ3) is 11.2. The van der Waals surface area contributed by atoms with Gasteiger partial charge < -0.3 is 21.8 Å². The summed E-state index contributed by atoms with van der Waals surface area (Å²) in [6.45, 7) is 14.8. The summed E-state index contributed by atoms with van der Waals surface area (Å²) in [5.41, 5.74) is 12.5. The van der Waals surface area contributed by atoms with Crippen LogP contribution in [0.4, 0.5) is 11.4 Å². The first-order chi connectivity index (χ1) is 17.4. The first-order valence-electron chi connectivity index (χ1n) is 12.7. The molecule has 1 fully saturated rings. The van der Waals surface area contributed by atoms with Crippen LogP contribution >= 0.6 is 0 Å². The molecule has 3 rings (SSSR count). The van der Waals surface area contributed by atoms with Gasteiger partial charge in [-0.2, -0.15) is 0 Å². The van der Waals surface area contributed by atoms with Gasteiger partial charge in [-0.25, -0.2) is 0 Å². The summed E-state index contributed by atoms with van der Waals surface area (Å²) in [5.74, 6) is 0.715. The zero-order valence-corrected chi connectivity index (χ0v) is 23.2. The van der Waals surface area contributed by atoms with E-state index in [1.807, 2.05) is 84.1 Å². The Kier molecular flexibility index (Phi) is 16.7.